The van der Waals surface area contributed by atoms with Gasteiger partial charge >= 0.3 is 11.8 Å². The highest BCUT2D eigenvalue weighted by Crippen LogP contribution is 2.13. The molecule has 1 aromatic carbocycles. The standard InChI is InChI=1S/C16H25N3O2/c1-5-19(6-2)8-7-17-15(20)16(21)18-14-10-12(3)9-13(4)11-14/h9-11H,5-8H2,1-4H3,(H,17,20)(H,18,21). The van der Waals surface area contributed by atoms with Gasteiger partial charge in [0.05, 0.1) is 0 Å². The lowest BCUT2D eigenvalue weighted by atomic mass is 10.1. The Balaban J connectivity index is 2.46. The van der Waals surface area contributed by atoms with Gasteiger partial charge in [0.2, 0.25) is 0 Å². The molecule has 0 saturated carbocycles. The first-order valence-electron chi connectivity index (χ1n) is 7.36. The van der Waals surface area contributed by atoms with E-state index in [1.807, 2.05) is 32.0 Å². The van der Waals surface area contributed by atoms with Crippen LogP contribution in [0.25, 0.3) is 0 Å². The molecule has 0 aliphatic carbocycles. The zero-order valence-corrected chi connectivity index (χ0v) is 13.3. The monoisotopic (exact) mass is 291 g/mol. The molecule has 0 heterocycles. The number of nitrogens with zero attached hydrogens (tertiary/aromatic N) is 1. The molecule has 1 rings (SSSR count). The Hall–Kier alpha value is -1.88. The molecule has 21 heavy (non-hydrogen) atoms. The van der Waals surface area contributed by atoms with Crippen molar-refractivity contribution in [2.75, 3.05) is 31.5 Å². The molecule has 0 radical (unpaired) electrons. The lowest BCUT2D eigenvalue weighted by molar-refractivity contribution is -0.136. The molecular weight excluding hydrogens is 266 g/mol. The minimum absolute atomic E-state index is 0.473. The Bertz CT molecular complexity index is 476. The zero-order chi connectivity index (χ0) is 15.8. The molecule has 0 aliphatic heterocycles. The topological polar surface area (TPSA) is 61.4 Å². The first-order valence-corrected chi connectivity index (χ1v) is 7.36. The highest BCUT2D eigenvalue weighted by Gasteiger charge is 2.13. The Morgan fingerprint density at radius 3 is 2.10 bits per heavy atom. The average molecular weight is 291 g/mol. The van der Waals surface area contributed by atoms with Gasteiger partial charge in [-0.1, -0.05) is 19.9 Å². The molecule has 0 unspecified atom stereocenters. The van der Waals surface area contributed by atoms with E-state index in [1.165, 1.54) is 0 Å². The van der Waals surface area contributed by atoms with E-state index in [9.17, 15) is 9.59 Å². The average Bonchev–Trinajstić information content (AvgIpc) is 2.42. The molecule has 0 saturated heterocycles. The van der Waals surface area contributed by atoms with E-state index in [0.717, 1.165) is 30.8 Å². The van der Waals surface area contributed by atoms with Crippen molar-refractivity contribution < 1.29 is 9.59 Å². The van der Waals surface area contributed by atoms with Crippen molar-refractivity contribution in [3.05, 3.63) is 29.3 Å². The van der Waals surface area contributed by atoms with Gasteiger partial charge < -0.3 is 15.5 Å². The molecule has 0 aromatic heterocycles. The van der Waals surface area contributed by atoms with Crippen LogP contribution >= 0.6 is 0 Å². The Kier molecular flexibility index (Phi) is 6.88. The van der Waals surface area contributed by atoms with Crippen LogP contribution in [0.4, 0.5) is 5.69 Å². The van der Waals surface area contributed by atoms with Crippen LogP contribution in [0.1, 0.15) is 25.0 Å². The van der Waals surface area contributed by atoms with Crippen molar-refractivity contribution in [3.8, 4) is 0 Å². The molecule has 0 spiro atoms. The summed E-state index contributed by atoms with van der Waals surface area (Å²) in [4.78, 5) is 25.7. The van der Waals surface area contributed by atoms with Crippen LogP contribution in [0.5, 0.6) is 0 Å². The first kappa shape index (κ1) is 17.2. The summed E-state index contributed by atoms with van der Waals surface area (Å²) in [6.07, 6.45) is 0. The van der Waals surface area contributed by atoms with Crippen LogP contribution in [0.2, 0.25) is 0 Å². The summed E-state index contributed by atoms with van der Waals surface area (Å²) in [6.45, 7) is 11.1. The molecule has 5 heteroatoms. The van der Waals surface area contributed by atoms with Crippen LogP contribution in [0, 0.1) is 13.8 Å². The summed E-state index contributed by atoms with van der Waals surface area (Å²) < 4.78 is 0. The molecule has 0 bridgehead atoms. The highest BCUT2D eigenvalue weighted by molar-refractivity contribution is 6.39. The van der Waals surface area contributed by atoms with Gasteiger partial charge in [-0.3, -0.25) is 9.59 Å². The van der Waals surface area contributed by atoms with Gasteiger partial charge in [0.1, 0.15) is 0 Å². The van der Waals surface area contributed by atoms with Gasteiger partial charge in [-0.15, -0.1) is 0 Å². The third-order valence-electron chi connectivity index (χ3n) is 3.29. The quantitative estimate of drug-likeness (QED) is 0.784. The largest absolute Gasteiger partial charge is 0.347 e. The van der Waals surface area contributed by atoms with E-state index in [2.05, 4.69) is 29.4 Å². The van der Waals surface area contributed by atoms with Crippen molar-refractivity contribution in [2.24, 2.45) is 0 Å². The van der Waals surface area contributed by atoms with Crippen LogP contribution in [-0.2, 0) is 9.59 Å². The summed E-state index contributed by atoms with van der Waals surface area (Å²) in [5.74, 6) is -1.22. The van der Waals surface area contributed by atoms with E-state index in [1.54, 1.807) is 0 Å². The zero-order valence-electron chi connectivity index (χ0n) is 13.3. The number of amides is 2. The second kappa shape index (κ2) is 8.42. The minimum Gasteiger partial charge on any atom is -0.347 e. The Morgan fingerprint density at radius 1 is 1.00 bits per heavy atom. The smallest absolute Gasteiger partial charge is 0.313 e. The van der Waals surface area contributed by atoms with Gasteiger partial charge in [0, 0.05) is 18.8 Å². The predicted octanol–water partition coefficient (Wildman–Crippen LogP) is 1.70. The number of carbonyl (C=O) groups excluding carboxylic acids is 2. The van der Waals surface area contributed by atoms with Crippen LogP contribution < -0.4 is 10.6 Å². The van der Waals surface area contributed by atoms with Crippen molar-refractivity contribution in [3.63, 3.8) is 0 Å². The third kappa shape index (κ3) is 5.95. The lowest BCUT2D eigenvalue weighted by Crippen LogP contribution is -2.40. The van der Waals surface area contributed by atoms with Crippen LogP contribution in [0.15, 0.2) is 18.2 Å². The maximum absolute atomic E-state index is 11.8. The fourth-order valence-corrected chi connectivity index (χ4v) is 2.18. The molecular formula is C16H25N3O2. The summed E-state index contributed by atoms with van der Waals surface area (Å²) in [6, 6.07) is 5.70. The van der Waals surface area contributed by atoms with E-state index in [-0.39, 0.29) is 0 Å². The number of aryl methyl sites for hydroxylation is 2. The van der Waals surface area contributed by atoms with Crippen molar-refractivity contribution in [2.45, 2.75) is 27.7 Å². The van der Waals surface area contributed by atoms with Gasteiger partial charge in [0.25, 0.3) is 0 Å². The highest BCUT2D eigenvalue weighted by atomic mass is 16.2. The number of likely N-dealkylation sites (N-methyl/N-ethyl adjacent to an activating group) is 1. The number of benzene rings is 1. The molecule has 0 fully saturated rings. The van der Waals surface area contributed by atoms with Gasteiger partial charge in [-0.2, -0.15) is 0 Å². The van der Waals surface area contributed by atoms with E-state index >= 15 is 0 Å². The predicted molar refractivity (Wildman–Crippen MR) is 85.3 cm³/mol. The second-order valence-electron chi connectivity index (χ2n) is 5.11. The minimum atomic E-state index is -0.625. The normalized spacial score (nSPS) is 10.5. The molecule has 2 N–H and O–H groups in total. The lowest BCUT2D eigenvalue weighted by Gasteiger charge is -2.17. The fourth-order valence-electron chi connectivity index (χ4n) is 2.18. The van der Waals surface area contributed by atoms with E-state index in [0.29, 0.717) is 12.2 Å². The SMILES string of the molecule is CCN(CC)CCNC(=O)C(=O)Nc1cc(C)cc(C)c1. The number of rotatable bonds is 6. The number of carbonyl (C=O) groups is 2. The van der Waals surface area contributed by atoms with Crippen LogP contribution in [0.3, 0.4) is 0 Å². The number of hydrogen-bond acceptors (Lipinski definition) is 3. The Labute approximate surface area is 126 Å². The molecule has 5 nitrogen and oxygen atoms in total. The van der Waals surface area contributed by atoms with Gasteiger partial charge in [-0.25, -0.2) is 0 Å². The Morgan fingerprint density at radius 2 is 1.57 bits per heavy atom. The molecule has 116 valence electrons. The summed E-state index contributed by atoms with van der Waals surface area (Å²) in [5, 5.41) is 5.26. The summed E-state index contributed by atoms with van der Waals surface area (Å²) in [5.41, 5.74) is 2.75. The fraction of sp³-hybridized carbons (Fsp3) is 0.500. The van der Waals surface area contributed by atoms with E-state index < -0.39 is 11.8 Å². The molecule has 2 amide bonds. The maximum atomic E-state index is 11.8. The maximum Gasteiger partial charge on any atom is 0.313 e. The summed E-state index contributed by atoms with van der Waals surface area (Å²) in [7, 11) is 0. The van der Waals surface area contributed by atoms with Crippen molar-refractivity contribution >= 4 is 17.5 Å². The number of nitrogens with one attached hydrogen (secondary N) is 2. The molecule has 1 aromatic rings. The molecule has 0 aliphatic rings. The first-order chi connectivity index (χ1) is 9.96. The van der Waals surface area contributed by atoms with Crippen molar-refractivity contribution in [1.82, 2.24) is 10.2 Å². The van der Waals surface area contributed by atoms with Crippen LogP contribution in [-0.4, -0.2) is 42.9 Å². The number of anilines is 1. The van der Waals surface area contributed by atoms with Gasteiger partial charge in [0.15, 0.2) is 0 Å². The third-order valence-corrected chi connectivity index (χ3v) is 3.29. The second-order valence-corrected chi connectivity index (χ2v) is 5.11. The van der Waals surface area contributed by atoms with Gasteiger partial charge in [-0.05, 0) is 50.2 Å². The molecule has 0 atom stereocenters. The number of hydrogen-bond donors (Lipinski definition) is 2. The summed E-state index contributed by atoms with van der Waals surface area (Å²) >= 11 is 0. The van der Waals surface area contributed by atoms with Crippen molar-refractivity contribution in [1.29, 1.82) is 0 Å². The van der Waals surface area contributed by atoms with E-state index in [4.69, 9.17) is 0 Å².